The number of Topliss-reactive ketones (excluding diaryl/α,β-unsaturated/α-hetero) is 1. The van der Waals surface area contributed by atoms with Crippen LogP contribution in [0.4, 0.5) is 4.79 Å². The lowest BCUT2D eigenvalue weighted by Gasteiger charge is -2.12. The van der Waals surface area contributed by atoms with Gasteiger partial charge >= 0.3 is 0 Å². The van der Waals surface area contributed by atoms with Gasteiger partial charge in [0.1, 0.15) is 24.7 Å². The van der Waals surface area contributed by atoms with Crippen LogP contribution in [0.2, 0.25) is 0 Å². The minimum absolute atomic E-state index is 0.248. The van der Waals surface area contributed by atoms with Crippen LogP contribution in [0.15, 0.2) is 89.8 Å². The average molecular weight is 460 g/mol. The zero-order valence-electron chi connectivity index (χ0n) is 17.7. The molecular weight excluding hydrogens is 438 g/mol. The van der Waals surface area contributed by atoms with Crippen LogP contribution in [0.3, 0.4) is 0 Å². The minimum Gasteiger partial charge on any atom is -0.490 e. The molecule has 1 saturated heterocycles. The molecule has 3 aromatic rings. The number of para-hydroxylation sites is 2. The first-order chi connectivity index (χ1) is 16.1. The standard InChI is InChI=1S/C26H21NO5S/c28-22(19-9-3-1-4-10-19)18-27-25(29)24(33-26(27)30)17-20-11-7-8-14-23(20)32-16-15-31-21-12-5-2-6-13-21/h1-14,17H,15-16,18H2/b24-17+. The molecule has 2 amide bonds. The third-order valence-corrected chi connectivity index (χ3v) is 5.74. The molecule has 33 heavy (non-hydrogen) atoms. The van der Waals surface area contributed by atoms with E-state index in [2.05, 4.69) is 0 Å². The van der Waals surface area contributed by atoms with E-state index in [1.807, 2.05) is 42.5 Å². The number of carbonyl (C=O) groups is 3. The smallest absolute Gasteiger partial charge is 0.293 e. The molecule has 0 spiro atoms. The van der Waals surface area contributed by atoms with Gasteiger partial charge in [-0.3, -0.25) is 19.3 Å². The highest BCUT2D eigenvalue weighted by Gasteiger charge is 2.36. The molecule has 0 saturated carbocycles. The van der Waals surface area contributed by atoms with Crippen LogP contribution >= 0.6 is 11.8 Å². The van der Waals surface area contributed by atoms with Gasteiger partial charge in [0.05, 0.1) is 11.4 Å². The average Bonchev–Trinajstić information content (AvgIpc) is 3.11. The highest BCUT2D eigenvalue weighted by Crippen LogP contribution is 2.34. The van der Waals surface area contributed by atoms with Gasteiger partial charge in [-0.15, -0.1) is 0 Å². The summed E-state index contributed by atoms with van der Waals surface area (Å²) < 4.78 is 11.5. The second-order valence-corrected chi connectivity index (χ2v) is 8.10. The molecule has 1 aliphatic rings. The summed E-state index contributed by atoms with van der Waals surface area (Å²) >= 11 is 0.814. The van der Waals surface area contributed by atoms with E-state index in [1.165, 1.54) is 0 Å². The second kappa shape index (κ2) is 10.7. The largest absolute Gasteiger partial charge is 0.490 e. The van der Waals surface area contributed by atoms with Crippen molar-refractivity contribution in [1.29, 1.82) is 0 Å². The Labute approximate surface area is 195 Å². The van der Waals surface area contributed by atoms with E-state index >= 15 is 0 Å². The van der Waals surface area contributed by atoms with Crippen LogP contribution in [0, 0.1) is 0 Å². The van der Waals surface area contributed by atoms with E-state index in [-0.39, 0.29) is 17.2 Å². The summed E-state index contributed by atoms with van der Waals surface area (Å²) in [4.78, 5) is 38.9. The molecule has 166 valence electrons. The Hall–Kier alpha value is -3.84. The monoisotopic (exact) mass is 459 g/mol. The van der Waals surface area contributed by atoms with Crippen molar-refractivity contribution in [3.05, 3.63) is 101 Å². The molecule has 6 nitrogen and oxygen atoms in total. The van der Waals surface area contributed by atoms with Crippen molar-refractivity contribution < 1.29 is 23.9 Å². The number of hydrogen-bond donors (Lipinski definition) is 0. The molecule has 0 radical (unpaired) electrons. The Morgan fingerprint density at radius 3 is 2.21 bits per heavy atom. The highest BCUT2D eigenvalue weighted by atomic mass is 32.2. The number of amides is 2. The summed E-state index contributed by atoms with van der Waals surface area (Å²) in [6, 6.07) is 25.3. The van der Waals surface area contributed by atoms with Gasteiger partial charge in [0, 0.05) is 11.1 Å². The predicted octanol–water partition coefficient (Wildman–Crippen LogP) is 5.06. The summed E-state index contributed by atoms with van der Waals surface area (Å²) in [5.41, 5.74) is 1.12. The molecule has 4 rings (SSSR count). The maximum Gasteiger partial charge on any atom is 0.293 e. The molecular formula is C26H21NO5S. The Bertz CT molecular complexity index is 1180. The Kier molecular flexibility index (Phi) is 7.22. The van der Waals surface area contributed by atoms with Gasteiger partial charge in [-0.1, -0.05) is 66.7 Å². The fraction of sp³-hybridized carbons (Fsp3) is 0.115. The fourth-order valence-electron chi connectivity index (χ4n) is 3.20. The topological polar surface area (TPSA) is 72.9 Å². The van der Waals surface area contributed by atoms with Gasteiger partial charge in [0.25, 0.3) is 11.1 Å². The number of imide groups is 1. The number of thioether (sulfide) groups is 1. The Morgan fingerprint density at radius 1 is 0.818 bits per heavy atom. The maximum absolute atomic E-state index is 12.8. The van der Waals surface area contributed by atoms with Crippen LogP contribution in [0.5, 0.6) is 11.5 Å². The summed E-state index contributed by atoms with van der Waals surface area (Å²) in [5, 5.41) is -0.467. The van der Waals surface area contributed by atoms with Gasteiger partial charge in [-0.05, 0) is 36.0 Å². The molecule has 1 fully saturated rings. The predicted molar refractivity (Wildman–Crippen MR) is 127 cm³/mol. The first kappa shape index (κ1) is 22.4. The number of nitrogens with zero attached hydrogens (tertiary/aromatic N) is 1. The quantitative estimate of drug-likeness (QED) is 0.253. The number of carbonyl (C=O) groups excluding carboxylic acids is 3. The third kappa shape index (κ3) is 5.70. The lowest BCUT2D eigenvalue weighted by atomic mass is 10.1. The van der Waals surface area contributed by atoms with Gasteiger partial charge in [0.2, 0.25) is 0 Å². The lowest BCUT2D eigenvalue weighted by Crippen LogP contribution is -2.33. The van der Waals surface area contributed by atoms with E-state index in [9.17, 15) is 14.4 Å². The number of ether oxygens (including phenoxy) is 2. The molecule has 0 unspecified atom stereocenters. The zero-order valence-corrected chi connectivity index (χ0v) is 18.5. The van der Waals surface area contributed by atoms with Crippen molar-refractivity contribution in [1.82, 2.24) is 4.90 Å². The van der Waals surface area contributed by atoms with E-state index < -0.39 is 11.1 Å². The second-order valence-electron chi connectivity index (χ2n) is 7.10. The van der Waals surface area contributed by atoms with Crippen molar-refractivity contribution in [3.63, 3.8) is 0 Å². The Balaban J connectivity index is 1.40. The van der Waals surface area contributed by atoms with Gasteiger partial charge < -0.3 is 9.47 Å². The van der Waals surface area contributed by atoms with Gasteiger partial charge in [-0.2, -0.15) is 0 Å². The summed E-state index contributed by atoms with van der Waals surface area (Å²) in [6.45, 7) is 0.379. The molecule has 7 heteroatoms. The lowest BCUT2D eigenvalue weighted by molar-refractivity contribution is -0.122. The Morgan fingerprint density at radius 2 is 1.45 bits per heavy atom. The SMILES string of the molecule is O=C(CN1C(=O)S/C(=C/c2ccccc2OCCOc2ccccc2)C1=O)c1ccccc1. The number of benzene rings is 3. The van der Waals surface area contributed by atoms with Crippen LogP contribution in [0.25, 0.3) is 6.08 Å². The summed E-state index contributed by atoms with van der Waals surface area (Å²) in [7, 11) is 0. The van der Waals surface area contributed by atoms with Crippen molar-refractivity contribution >= 4 is 34.8 Å². The summed E-state index contributed by atoms with van der Waals surface area (Å²) in [6.07, 6.45) is 1.62. The van der Waals surface area contributed by atoms with E-state index in [0.717, 1.165) is 22.4 Å². The number of rotatable bonds is 9. The van der Waals surface area contributed by atoms with E-state index in [1.54, 1.807) is 48.5 Å². The molecule has 0 bridgehead atoms. The van der Waals surface area contributed by atoms with Crippen molar-refractivity contribution in [3.8, 4) is 11.5 Å². The molecule has 0 aromatic heterocycles. The van der Waals surface area contributed by atoms with Gasteiger partial charge in [-0.25, -0.2) is 0 Å². The molecule has 3 aromatic carbocycles. The number of ketones is 1. The molecule has 0 N–H and O–H groups in total. The van der Waals surface area contributed by atoms with Crippen LogP contribution in [-0.4, -0.2) is 41.6 Å². The van der Waals surface area contributed by atoms with Crippen molar-refractivity contribution in [2.45, 2.75) is 0 Å². The fourth-order valence-corrected chi connectivity index (χ4v) is 4.02. The maximum atomic E-state index is 12.8. The number of hydrogen-bond acceptors (Lipinski definition) is 6. The molecule has 0 aliphatic carbocycles. The highest BCUT2D eigenvalue weighted by molar-refractivity contribution is 8.18. The van der Waals surface area contributed by atoms with Gasteiger partial charge in [0.15, 0.2) is 5.78 Å². The molecule has 1 aliphatic heterocycles. The first-order valence-electron chi connectivity index (χ1n) is 10.3. The van der Waals surface area contributed by atoms with Crippen molar-refractivity contribution in [2.75, 3.05) is 19.8 Å². The normalized spacial score (nSPS) is 14.5. The zero-order chi connectivity index (χ0) is 23.0. The first-order valence-corrected chi connectivity index (χ1v) is 11.2. The molecule has 0 atom stereocenters. The molecule has 1 heterocycles. The van der Waals surface area contributed by atoms with Crippen molar-refractivity contribution in [2.24, 2.45) is 0 Å². The van der Waals surface area contributed by atoms with Crippen LogP contribution < -0.4 is 9.47 Å². The third-order valence-electron chi connectivity index (χ3n) is 4.83. The van der Waals surface area contributed by atoms with E-state index in [4.69, 9.17) is 9.47 Å². The van der Waals surface area contributed by atoms with Crippen LogP contribution in [0.1, 0.15) is 15.9 Å². The van der Waals surface area contributed by atoms with E-state index in [0.29, 0.717) is 30.1 Å². The van der Waals surface area contributed by atoms with Crippen LogP contribution in [-0.2, 0) is 4.79 Å². The summed E-state index contributed by atoms with van der Waals surface area (Å²) in [5.74, 6) is 0.548. The minimum atomic E-state index is -0.489.